The number of imide groups is 1. The maximum Gasteiger partial charge on any atom is 0.433 e. The summed E-state index contributed by atoms with van der Waals surface area (Å²) in [5, 5.41) is 2.08. The van der Waals surface area contributed by atoms with E-state index in [9.17, 15) is 22.8 Å². The molecule has 2 N–H and O–H groups in total. The van der Waals surface area contributed by atoms with Gasteiger partial charge in [-0.05, 0) is 48.3 Å². The molecule has 0 fully saturated rings. The average Bonchev–Trinajstić information content (AvgIpc) is 3.21. The van der Waals surface area contributed by atoms with Crippen molar-refractivity contribution < 1.29 is 31.9 Å². The first-order valence-corrected chi connectivity index (χ1v) is 8.77. The van der Waals surface area contributed by atoms with Crippen LogP contribution in [0.25, 0.3) is 0 Å². The van der Waals surface area contributed by atoms with Crippen LogP contribution in [0.3, 0.4) is 0 Å². The summed E-state index contributed by atoms with van der Waals surface area (Å²) in [5.41, 5.74) is -1.07. The predicted octanol–water partition coefficient (Wildman–Crippen LogP) is 4.63. The van der Waals surface area contributed by atoms with Gasteiger partial charge in [0, 0.05) is 11.0 Å². The van der Waals surface area contributed by atoms with E-state index in [1.807, 2.05) is 0 Å². The van der Waals surface area contributed by atoms with Gasteiger partial charge in [0.15, 0.2) is 5.76 Å². The van der Waals surface area contributed by atoms with Crippen molar-refractivity contribution in [3.05, 3.63) is 72.3 Å². The van der Waals surface area contributed by atoms with Crippen LogP contribution in [-0.2, 0) is 6.18 Å². The Kier molecular flexibility index (Phi) is 6.07. The van der Waals surface area contributed by atoms with E-state index in [1.165, 1.54) is 42.7 Å². The van der Waals surface area contributed by atoms with Crippen molar-refractivity contribution in [2.45, 2.75) is 11.1 Å². The first-order chi connectivity index (χ1) is 13.8. The van der Waals surface area contributed by atoms with Gasteiger partial charge in [-0.3, -0.25) is 14.8 Å². The van der Waals surface area contributed by atoms with Gasteiger partial charge in [-0.1, -0.05) is 12.1 Å². The lowest BCUT2D eigenvalue weighted by Crippen LogP contribution is -2.36. The number of furan rings is 1. The first kappa shape index (κ1) is 20.3. The highest BCUT2D eigenvalue weighted by molar-refractivity contribution is 7.98. The molecule has 0 bridgehead atoms. The number of nitrogens with one attached hydrogen (secondary N) is 2. The molecule has 0 spiro atoms. The number of nitrogens with zero attached hydrogens (tertiary/aromatic N) is 1. The van der Waals surface area contributed by atoms with Gasteiger partial charge in [0.25, 0.3) is 5.91 Å². The van der Waals surface area contributed by atoms with Crippen LogP contribution in [0.2, 0.25) is 0 Å². The van der Waals surface area contributed by atoms with Gasteiger partial charge in [-0.25, -0.2) is 9.78 Å². The van der Waals surface area contributed by atoms with E-state index in [1.54, 1.807) is 12.1 Å². The summed E-state index contributed by atoms with van der Waals surface area (Å²) in [6.45, 7) is 0. The normalized spacial score (nSPS) is 11.0. The SMILES string of the molecule is O=C(NSc1cccc(Oc2cccc(C(F)(F)F)n2)c1)NC(=O)c1ccco1. The van der Waals surface area contributed by atoms with E-state index in [-0.39, 0.29) is 17.4 Å². The van der Waals surface area contributed by atoms with Crippen LogP contribution in [0.5, 0.6) is 11.6 Å². The van der Waals surface area contributed by atoms with E-state index in [4.69, 9.17) is 9.15 Å². The van der Waals surface area contributed by atoms with E-state index < -0.39 is 23.8 Å². The minimum absolute atomic E-state index is 0.0193. The van der Waals surface area contributed by atoms with Crippen LogP contribution < -0.4 is 14.8 Å². The zero-order valence-electron chi connectivity index (χ0n) is 14.4. The molecule has 3 amide bonds. The van der Waals surface area contributed by atoms with Crippen molar-refractivity contribution in [2.75, 3.05) is 0 Å². The Hall–Kier alpha value is -3.47. The van der Waals surface area contributed by atoms with E-state index in [0.717, 1.165) is 18.0 Å². The number of carbonyl (C=O) groups is 2. The third kappa shape index (κ3) is 5.75. The number of hydrogen-bond donors (Lipinski definition) is 2. The van der Waals surface area contributed by atoms with Gasteiger partial charge in [0.2, 0.25) is 5.88 Å². The van der Waals surface area contributed by atoms with Crippen LogP contribution in [0.15, 0.2) is 70.2 Å². The molecule has 0 atom stereocenters. The summed E-state index contributed by atoms with van der Waals surface area (Å²) < 4.78 is 50.8. The average molecular weight is 423 g/mol. The molecule has 0 aliphatic rings. The lowest BCUT2D eigenvalue weighted by molar-refractivity contribution is -0.141. The molecule has 3 aromatic rings. The minimum Gasteiger partial charge on any atom is -0.459 e. The van der Waals surface area contributed by atoms with Gasteiger partial charge >= 0.3 is 12.2 Å². The van der Waals surface area contributed by atoms with Crippen LogP contribution in [0, 0.1) is 0 Å². The van der Waals surface area contributed by atoms with Gasteiger partial charge in [0.05, 0.1) is 6.26 Å². The van der Waals surface area contributed by atoms with E-state index in [2.05, 4.69) is 15.0 Å². The Morgan fingerprint density at radius 3 is 2.59 bits per heavy atom. The van der Waals surface area contributed by atoms with Crippen LogP contribution in [-0.4, -0.2) is 16.9 Å². The number of aromatic nitrogens is 1. The molecule has 7 nitrogen and oxygen atoms in total. The molecule has 2 heterocycles. The quantitative estimate of drug-likeness (QED) is 0.581. The van der Waals surface area contributed by atoms with Crippen LogP contribution in [0.4, 0.5) is 18.0 Å². The number of halogens is 3. The fourth-order valence-corrected chi connectivity index (χ4v) is 2.64. The number of pyridine rings is 1. The number of urea groups is 1. The fourth-order valence-electron chi connectivity index (χ4n) is 2.05. The fraction of sp³-hybridized carbons (Fsp3) is 0.0556. The molecule has 0 saturated heterocycles. The summed E-state index contributed by atoms with van der Waals surface area (Å²) >= 11 is 0.875. The number of rotatable bonds is 5. The topological polar surface area (TPSA) is 93.5 Å². The molecule has 0 unspecified atom stereocenters. The van der Waals surface area contributed by atoms with Crippen molar-refractivity contribution in [2.24, 2.45) is 0 Å². The number of ether oxygens (including phenoxy) is 1. The van der Waals surface area contributed by atoms with Gasteiger partial charge in [0.1, 0.15) is 11.4 Å². The van der Waals surface area contributed by atoms with Crippen molar-refractivity contribution in [1.82, 2.24) is 15.0 Å². The molecular formula is C18H12F3N3O4S. The van der Waals surface area contributed by atoms with Crippen molar-refractivity contribution >= 4 is 23.9 Å². The summed E-state index contributed by atoms with van der Waals surface area (Å²) in [6, 6.07) is 11.7. The molecule has 11 heteroatoms. The highest BCUT2D eigenvalue weighted by Gasteiger charge is 2.32. The van der Waals surface area contributed by atoms with Gasteiger partial charge in [-0.2, -0.15) is 13.2 Å². The maximum atomic E-state index is 12.7. The Morgan fingerprint density at radius 1 is 1.07 bits per heavy atom. The molecule has 3 rings (SSSR count). The number of alkyl halides is 3. The number of carbonyl (C=O) groups excluding carboxylic acids is 2. The second-order valence-electron chi connectivity index (χ2n) is 5.40. The molecule has 0 aliphatic carbocycles. The Bertz CT molecular complexity index is 1010. The molecule has 0 radical (unpaired) electrons. The molecule has 0 saturated carbocycles. The second-order valence-corrected chi connectivity index (χ2v) is 6.28. The first-order valence-electron chi connectivity index (χ1n) is 7.95. The molecule has 150 valence electrons. The van der Waals surface area contributed by atoms with Gasteiger partial charge in [-0.15, -0.1) is 0 Å². The number of benzene rings is 1. The molecule has 2 aromatic heterocycles. The Balaban J connectivity index is 1.58. The van der Waals surface area contributed by atoms with Crippen molar-refractivity contribution in [3.8, 4) is 11.6 Å². The Morgan fingerprint density at radius 2 is 1.86 bits per heavy atom. The van der Waals surface area contributed by atoms with E-state index >= 15 is 0 Å². The summed E-state index contributed by atoms with van der Waals surface area (Å²) in [4.78, 5) is 27.4. The lowest BCUT2D eigenvalue weighted by Gasteiger charge is -2.10. The summed E-state index contributed by atoms with van der Waals surface area (Å²) in [7, 11) is 0. The standard InChI is InChI=1S/C18H12F3N3O4S/c19-18(20,21)14-7-2-8-15(22-14)28-11-4-1-5-12(10-11)29-24-17(26)23-16(25)13-6-3-9-27-13/h1-10H,(H2,23,24,25,26). The smallest absolute Gasteiger partial charge is 0.433 e. The zero-order chi connectivity index (χ0) is 20.9. The highest BCUT2D eigenvalue weighted by atomic mass is 32.2. The summed E-state index contributed by atoms with van der Waals surface area (Å²) in [6.07, 6.45) is -3.28. The second kappa shape index (κ2) is 8.69. The van der Waals surface area contributed by atoms with Crippen LogP contribution >= 0.6 is 11.9 Å². The minimum atomic E-state index is -4.58. The summed E-state index contributed by atoms with van der Waals surface area (Å²) in [5.74, 6) is -0.734. The molecular weight excluding hydrogens is 411 g/mol. The van der Waals surface area contributed by atoms with Crippen molar-refractivity contribution in [3.63, 3.8) is 0 Å². The molecule has 1 aromatic carbocycles. The number of amides is 3. The number of hydrogen-bond acceptors (Lipinski definition) is 6. The largest absolute Gasteiger partial charge is 0.459 e. The Labute approximate surface area is 166 Å². The van der Waals surface area contributed by atoms with Crippen LogP contribution in [0.1, 0.15) is 16.2 Å². The maximum absolute atomic E-state index is 12.7. The molecule has 0 aliphatic heterocycles. The third-order valence-electron chi connectivity index (χ3n) is 3.28. The highest BCUT2D eigenvalue weighted by Crippen LogP contribution is 2.30. The third-order valence-corrected chi connectivity index (χ3v) is 4.05. The monoisotopic (exact) mass is 423 g/mol. The predicted molar refractivity (Wildman–Crippen MR) is 96.3 cm³/mol. The van der Waals surface area contributed by atoms with E-state index in [0.29, 0.717) is 4.90 Å². The lowest BCUT2D eigenvalue weighted by atomic mass is 10.3. The zero-order valence-corrected chi connectivity index (χ0v) is 15.2. The van der Waals surface area contributed by atoms with Crippen molar-refractivity contribution in [1.29, 1.82) is 0 Å². The van der Waals surface area contributed by atoms with Gasteiger partial charge < -0.3 is 9.15 Å². The molecule has 29 heavy (non-hydrogen) atoms.